The van der Waals surface area contributed by atoms with Gasteiger partial charge in [-0.2, -0.15) is 0 Å². The van der Waals surface area contributed by atoms with Crippen LogP contribution in [0.5, 0.6) is 11.5 Å². The van der Waals surface area contributed by atoms with Crippen LogP contribution in [0.1, 0.15) is 19.4 Å². The molecule has 0 radical (unpaired) electrons. The van der Waals surface area contributed by atoms with Gasteiger partial charge >= 0.3 is 0 Å². The highest BCUT2D eigenvalue weighted by atomic mass is 79.9. The Kier molecular flexibility index (Phi) is 5.64. The van der Waals surface area contributed by atoms with Crippen molar-refractivity contribution in [1.82, 2.24) is 0 Å². The van der Waals surface area contributed by atoms with Crippen LogP contribution in [0.4, 0.5) is 0 Å². The summed E-state index contributed by atoms with van der Waals surface area (Å²) in [5, 5.41) is 10.3. The van der Waals surface area contributed by atoms with Gasteiger partial charge in [0.25, 0.3) is 0 Å². The van der Waals surface area contributed by atoms with E-state index in [-0.39, 0.29) is 0 Å². The quantitative estimate of drug-likeness (QED) is 0.595. The lowest BCUT2D eigenvalue weighted by atomic mass is 10.2. The molecule has 0 spiro atoms. The molecule has 18 heavy (non-hydrogen) atoms. The van der Waals surface area contributed by atoms with Crippen molar-refractivity contribution in [3.63, 3.8) is 0 Å². The zero-order valence-electron chi connectivity index (χ0n) is 10.2. The molecule has 6 heteroatoms. The molecule has 0 saturated carbocycles. The second-order valence-electron chi connectivity index (χ2n) is 3.30. The Labute approximate surface area is 114 Å². The molecule has 0 fully saturated rings. The van der Waals surface area contributed by atoms with Gasteiger partial charge in [-0.1, -0.05) is 0 Å². The van der Waals surface area contributed by atoms with Crippen LogP contribution < -0.4 is 9.47 Å². The van der Waals surface area contributed by atoms with Gasteiger partial charge in [0.2, 0.25) is 6.20 Å². The van der Waals surface area contributed by atoms with E-state index in [4.69, 9.17) is 9.47 Å². The van der Waals surface area contributed by atoms with Crippen molar-refractivity contribution < 1.29 is 14.4 Å². The molecule has 0 aliphatic heterocycles. The van der Waals surface area contributed by atoms with Crippen LogP contribution in [0.3, 0.4) is 0 Å². The van der Waals surface area contributed by atoms with Gasteiger partial charge in [-0.05, 0) is 47.5 Å². The highest BCUT2D eigenvalue weighted by Gasteiger charge is 2.11. The molecule has 0 bridgehead atoms. The molecular weight excluding hydrogens is 302 g/mol. The minimum absolute atomic E-state index is 0.495. The van der Waals surface area contributed by atoms with Gasteiger partial charge in [-0.15, -0.1) is 0 Å². The lowest BCUT2D eigenvalue weighted by Crippen LogP contribution is -1.99. The molecule has 0 heterocycles. The van der Waals surface area contributed by atoms with Crippen molar-refractivity contribution in [2.45, 2.75) is 13.8 Å². The SMILES string of the molecule is CCOc1cc(C=C[N+](=O)[O-])cc(Br)c1OCC. The van der Waals surface area contributed by atoms with E-state index in [9.17, 15) is 10.1 Å². The minimum Gasteiger partial charge on any atom is -0.490 e. The average molecular weight is 316 g/mol. The molecule has 1 aromatic rings. The molecule has 1 rings (SSSR count). The molecule has 0 saturated heterocycles. The first-order valence-electron chi connectivity index (χ1n) is 5.49. The predicted molar refractivity (Wildman–Crippen MR) is 72.5 cm³/mol. The maximum Gasteiger partial charge on any atom is 0.235 e. The summed E-state index contributed by atoms with van der Waals surface area (Å²) in [7, 11) is 0. The third-order valence-electron chi connectivity index (χ3n) is 2.01. The van der Waals surface area contributed by atoms with Crippen molar-refractivity contribution in [3.05, 3.63) is 38.5 Å². The van der Waals surface area contributed by atoms with Crippen LogP contribution in [0, 0.1) is 10.1 Å². The summed E-state index contributed by atoms with van der Waals surface area (Å²) in [4.78, 5) is 9.78. The van der Waals surface area contributed by atoms with Crippen molar-refractivity contribution in [2.75, 3.05) is 13.2 Å². The van der Waals surface area contributed by atoms with E-state index in [1.54, 1.807) is 12.1 Å². The van der Waals surface area contributed by atoms with Crippen LogP contribution >= 0.6 is 15.9 Å². The predicted octanol–water partition coefficient (Wildman–Crippen LogP) is 3.49. The first-order valence-corrected chi connectivity index (χ1v) is 6.28. The van der Waals surface area contributed by atoms with E-state index in [0.29, 0.717) is 34.7 Å². The van der Waals surface area contributed by atoms with Crippen molar-refractivity contribution >= 4 is 22.0 Å². The van der Waals surface area contributed by atoms with Crippen LogP contribution in [0.15, 0.2) is 22.8 Å². The second-order valence-corrected chi connectivity index (χ2v) is 4.15. The highest BCUT2D eigenvalue weighted by molar-refractivity contribution is 9.10. The Morgan fingerprint density at radius 3 is 2.56 bits per heavy atom. The van der Waals surface area contributed by atoms with Gasteiger partial charge < -0.3 is 9.47 Å². The molecule has 0 unspecified atom stereocenters. The summed E-state index contributed by atoms with van der Waals surface area (Å²) in [5.74, 6) is 1.18. The fraction of sp³-hybridized carbons (Fsp3) is 0.333. The Bertz CT molecular complexity index is 460. The third kappa shape index (κ3) is 4.03. The number of nitro groups is 1. The summed E-state index contributed by atoms with van der Waals surface area (Å²) in [6, 6.07) is 3.45. The summed E-state index contributed by atoms with van der Waals surface area (Å²) in [6.07, 6.45) is 2.29. The van der Waals surface area contributed by atoms with E-state index in [1.807, 2.05) is 13.8 Å². The van der Waals surface area contributed by atoms with Gasteiger partial charge in [-0.3, -0.25) is 10.1 Å². The summed E-state index contributed by atoms with van der Waals surface area (Å²) in [6.45, 7) is 4.75. The largest absolute Gasteiger partial charge is 0.490 e. The van der Waals surface area contributed by atoms with Crippen molar-refractivity contribution in [3.8, 4) is 11.5 Å². The van der Waals surface area contributed by atoms with Gasteiger partial charge in [0.1, 0.15) is 0 Å². The van der Waals surface area contributed by atoms with Gasteiger partial charge in [0, 0.05) is 6.08 Å². The lowest BCUT2D eigenvalue weighted by molar-refractivity contribution is -0.400. The van der Waals surface area contributed by atoms with Gasteiger partial charge in [-0.25, -0.2) is 0 Å². The lowest BCUT2D eigenvalue weighted by Gasteiger charge is -2.13. The monoisotopic (exact) mass is 315 g/mol. The van der Waals surface area contributed by atoms with Crippen LogP contribution in [-0.4, -0.2) is 18.1 Å². The fourth-order valence-electron chi connectivity index (χ4n) is 1.38. The second kappa shape index (κ2) is 7.00. The molecular formula is C12H14BrNO4. The van der Waals surface area contributed by atoms with Crippen molar-refractivity contribution in [2.24, 2.45) is 0 Å². The molecule has 0 aromatic heterocycles. The third-order valence-corrected chi connectivity index (χ3v) is 2.60. The standard InChI is InChI=1S/C12H14BrNO4/c1-3-17-11-8-9(5-6-14(15)16)7-10(13)12(11)18-4-2/h5-8H,3-4H2,1-2H3. The van der Waals surface area contributed by atoms with E-state index in [1.165, 1.54) is 6.08 Å². The zero-order chi connectivity index (χ0) is 13.5. The van der Waals surface area contributed by atoms with Gasteiger partial charge in [0.05, 0.1) is 22.6 Å². The molecule has 98 valence electrons. The normalized spacial score (nSPS) is 10.6. The number of hydrogen-bond acceptors (Lipinski definition) is 4. The first-order chi connectivity index (χ1) is 8.58. The smallest absolute Gasteiger partial charge is 0.235 e. The summed E-state index contributed by atoms with van der Waals surface area (Å²) < 4.78 is 11.6. The van der Waals surface area contributed by atoms with E-state index < -0.39 is 4.92 Å². The van der Waals surface area contributed by atoms with Crippen LogP contribution in [-0.2, 0) is 0 Å². The van der Waals surface area contributed by atoms with Crippen molar-refractivity contribution in [1.29, 1.82) is 0 Å². The molecule has 0 N–H and O–H groups in total. The maximum absolute atomic E-state index is 10.3. The molecule has 0 amide bonds. The number of halogens is 1. The maximum atomic E-state index is 10.3. The average Bonchev–Trinajstić information content (AvgIpc) is 2.31. The topological polar surface area (TPSA) is 61.6 Å². The zero-order valence-corrected chi connectivity index (χ0v) is 11.8. The van der Waals surface area contributed by atoms with Gasteiger partial charge in [0.15, 0.2) is 11.5 Å². The molecule has 5 nitrogen and oxygen atoms in total. The summed E-state index contributed by atoms with van der Waals surface area (Å²) >= 11 is 3.37. The Morgan fingerprint density at radius 1 is 1.33 bits per heavy atom. The number of hydrogen-bond donors (Lipinski definition) is 0. The summed E-state index contributed by atoms with van der Waals surface area (Å²) in [5.41, 5.74) is 0.672. The fourth-order valence-corrected chi connectivity index (χ4v) is 1.95. The highest BCUT2D eigenvalue weighted by Crippen LogP contribution is 2.37. The van der Waals surface area contributed by atoms with E-state index in [0.717, 1.165) is 6.20 Å². The number of rotatable bonds is 6. The molecule has 1 aromatic carbocycles. The minimum atomic E-state index is -0.509. The number of benzene rings is 1. The Balaban J connectivity index is 3.13. The molecule has 0 atom stereocenters. The molecule has 0 aliphatic carbocycles. The first kappa shape index (κ1) is 14.5. The van der Waals surface area contributed by atoms with Crippen LogP contribution in [0.25, 0.3) is 6.08 Å². The Morgan fingerprint density at radius 2 is 2.00 bits per heavy atom. The number of nitrogens with zero attached hydrogens (tertiary/aromatic N) is 1. The van der Waals surface area contributed by atoms with E-state index in [2.05, 4.69) is 15.9 Å². The van der Waals surface area contributed by atoms with Crippen LogP contribution in [0.2, 0.25) is 0 Å². The Hall–Kier alpha value is -1.56. The van der Waals surface area contributed by atoms with E-state index >= 15 is 0 Å². The number of ether oxygens (including phenoxy) is 2. The molecule has 0 aliphatic rings.